The van der Waals surface area contributed by atoms with Crippen LogP contribution in [-0.4, -0.2) is 18.1 Å². The lowest BCUT2D eigenvalue weighted by molar-refractivity contribution is 0.513. The first-order chi connectivity index (χ1) is 9.52. The van der Waals surface area contributed by atoms with E-state index in [-0.39, 0.29) is 5.92 Å². The lowest BCUT2D eigenvalue weighted by Gasteiger charge is -2.08. The van der Waals surface area contributed by atoms with Gasteiger partial charge in [-0.3, -0.25) is 0 Å². The fourth-order valence-electron chi connectivity index (χ4n) is 2.22. The van der Waals surface area contributed by atoms with E-state index in [0.717, 1.165) is 28.5 Å². The average Bonchev–Trinajstić information content (AvgIpc) is 2.39. The fourth-order valence-corrected chi connectivity index (χ4v) is 3.35. The van der Waals surface area contributed by atoms with Gasteiger partial charge in [-0.15, -0.1) is 0 Å². The monoisotopic (exact) mass is 318 g/mol. The molecule has 0 aromatic heterocycles. The molecular weight excluding hydrogens is 288 g/mol. The van der Waals surface area contributed by atoms with Crippen LogP contribution < -0.4 is 0 Å². The second-order valence-electron chi connectivity index (χ2n) is 6.16. The molecule has 0 bridgehead atoms. The Kier molecular flexibility index (Phi) is 12.4. The van der Waals surface area contributed by atoms with Gasteiger partial charge >= 0.3 is 0 Å². The van der Waals surface area contributed by atoms with Gasteiger partial charge < -0.3 is 0 Å². The van der Waals surface area contributed by atoms with Crippen molar-refractivity contribution >= 4 is 32.2 Å². The predicted octanol–water partition coefficient (Wildman–Crippen LogP) is 4.19. The first-order valence-corrected chi connectivity index (χ1v) is 9.33. The van der Waals surface area contributed by atoms with Gasteiger partial charge in [0.25, 0.3) is 0 Å². The van der Waals surface area contributed by atoms with Gasteiger partial charge in [-0.05, 0) is 24.7 Å². The molecule has 0 saturated carbocycles. The van der Waals surface area contributed by atoms with Crippen LogP contribution in [0.15, 0.2) is 0 Å². The summed E-state index contributed by atoms with van der Waals surface area (Å²) in [6.45, 7) is 8.50. The summed E-state index contributed by atoms with van der Waals surface area (Å²) < 4.78 is 22.2. The maximum Gasteiger partial charge on any atom is 0.0935 e. The minimum Gasteiger partial charge on any atom is -0.212 e. The number of hydrogen-bond acceptors (Lipinski definition) is 2. The van der Waals surface area contributed by atoms with E-state index < -0.39 is 0 Å². The van der Waals surface area contributed by atoms with Crippen LogP contribution in [0.1, 0.15) is 79.1 Å². The molecule has 0 N–H and O–H groups in total. The van der Waals surface area contributed by atoms with Crippen molar-refractivity contribution in [3.63, 3.8) is 0 Å². The minimum absolute atomic E-state index is 0.171. The number of unbranched alkanes of at least 4 members (excludes halogenated alkanes) is 5. The first-order valence-electron chi connectivity index (χ1n) is 7.85. The van der Waals surface area contributed by atoms with Crippen molar-refractivity contribution in [2.45, 2.75) is 79.1 Å². The molecule has 0 aliphatic heterocycles. The van der Waals surface area contributed by atoms with Gasteiger partial charge in [-0.25, -0.2) is 8.42 Å². The third kappa shape index (κ3) is 9.65. The first kappa shape index (κ1) is 19.8. The molecular formula is C16H30O2S2. The van der Waals surface area contributed by atoms with Gasteiger partial charge in [-0.1, -0.05) is 66.2 Å². The van der Waals surface area contributed by atoms with E-state index in [9.17, 15) is 8.42 Å². The number of rotatable bonds is 11. The van der Waals surface area contributed by atoms with Gasteiger partial charge in [0.05, 0.1) is 32.2 Å². The maximum atomic E-state index is 11.1. The SMILES string of the molecule is CC(C)CCCCCCCCC(=S=O)C(=S=O)C(C)C. The normalized spacial score (nSPS) is 10.9. The summed E-state index contributed by atoms with van der Waals surface area (Å²) in [5.74, 6) is 0.987. The Balaban J connectivity index is 3.78. The van der Waals surface area contributed by atoms with Crippen molar-refractivity contribution in [1.29, 1.82) is 0 Å². The highest BCUT2D eigenvalue weighted by Gasteiger charge is 2.12. The van der Waals surface area contributed by atoms with Crippen molar-refractivity contribution in [3.05, 3.63) is 0 Å². The molecule has 0 aromatic carbocycles. The van der Waals surface area contributed by atoms with Crippen LogP contribution in [0.25, 0.3) is 0 Å². The highest BCUT2D eigenvalue weighted by Crippen LogP contribution is 2.12. The summed E-state index contributed by atoms with van der Waals surface area (Å²) in [5.41, 5.74) is 0. The van der Waals surface area contributed by atoms with E-state index in [0.29, 0.717) is 22.5 Å². The maximum absolute atomic E-state index is 11.1. The molecule has 0 saturated heterocycles. The van der Waals surface area contributed by atoms with Crippen LogP contribution in [0.4, 0.5) is 0 Å². The van der Waals surface area contributed by atoms with E-state index in [4.69, 9.17) is 0 Å². The molecule has 0 rings (SSSR count). The highest BCUT2D eigenvalue weighted by atomic mass is 32.1. The van der Waals surface area contributed by atoms with Crippen LogP contribution in [0.2, 0.25) is 0 Å². The zero-order chi connectivity index (χ0) is 15.4. The Bertz CT molecular complexity index is 363. The average molecular weight is 319 g/mol. The lowest BCUT2D eigenvalue weighted by Crippen LogP contribution is -2.19. The molecule has 2 nitrogen and oxygen atoms in total. The molecule has 118 valence electrons. The van der Waals surface area contributed by atoms with E-state index in [1.807, 2.05) is 13.8 Å². The molecule has 0 atom stereocenters. The molecule has 4 heteroatoms. The van der Waals surface area contributed by atoms with Crippen LogP contribution in [0.3, 0.4) is 0 Å². The molecule has 0 radical (unpaired) electrons. The van der Waals surface area contributed by atoms with Crippen LogP contribution in [-0.2, 0) is 22.5 Å². The van der Waals surface area contributed by atoms with Gasteiger partial charge in [0, 0.05) is 0 Å². The largest absolute Gasteiger partial charge is 0.212 e. The Morgan fingerprint density at radius 1 is 0.800 bits per heavy atom. The topological polar surface area (TPSA) is 34.1 Å². The van der Waals surface area contributed by atoms with Crippen molar-refractivity contribution in [3.8, 4) is 0 Å². The van der Waals surface area contributed by atoms with Crippen molar-refractivity contribution < 1.29 is 8.42 Å². The smallest absolute Gasteiger partial charge is 0.0935 e. The zero-order valence-electron chi connectivity index (χ0n) is 13.4. The molecule has 0 aliphatic rings. The summed E-state index contributed by atoms with van der Waals surface area (Å²) >= 11 is 1.01. The molecule has 0 unspecified atom stereocenters. The van der Waals surface area contributed by atoms with Gasteiger partial charge in [0.2, 0.25) is 0 Å². The van der Waals surface area contributed by atoms with E-state index in [1.165, 1.54) is 38.5 Å². The molecule has 0 heterocycles. The quantitative estimate of drug-likeness (QED) is 0.423. The summed E-state index contributed by atoms with van der Waals surface area (Å²) in [4.78, 5) is 1.50. The minimum atomic E-state index is 0.171. The van der Waals surface area contributed by atoms with E-state index >= 15 is 0 Å². The molecule has 0 aromatic rings. The Morgan fingerprint density at radius 3 is 1.80 bits per heavy atom. The Labute approximate surface area is 131 Å². The fraction of sp³-hybridized carbons (Fsp3) is 0.875. The van der Waals surface area contributed by atoms with Crippen molar-refractivity contribution in [2.24, 2.45) is 11.8 Å². The Hall–Kier alpha value is -0.220. The molecule has 0 spiro atoms. The van der Waals surface area contributed by atoms with Gasteiger partial charge in [-0.2, -0.15) is 0 Å². The molecule has 0 aliphatic carbocycles. The third-order valence-electron chi connectivity index (χ3n) is 3.42. The third-order valence-corrected chi connectivity index (χ3v) is 5.08. The standard InChI is InChI=1S/C16H30O2S2/c1-13(2)11-9-7-5-6-8-10-12-15(19-17)16(20-18)14(3)4/h13-14H,5-12H2,1-4H3. The van der Waals surface area contributed by atoms with Crippen LogP contribution >= 0.6 is 0 Å². The van der Waals surface area contributed by atoms with Crippen LogP contribution in [0.5, 0.6) is 0 Å². The second-order valence-corrected chi connectivity index (χ2v) is 7.43. The summed E-state index contributed by atoms with van der Waals surface area (Å²) in [6.07, 6.45) is 9.52. The zero-order valence-corrected chi connectivity index (χ0v) is 15.1. The van der Waals surface area contributed by atoms with Crippen molar-refractivity contribution in [2.75, 3.05) is 0 Å². The molecule has 0 amide bonds. The summed E-state index contributed by atoms with van der Waals surface area (Å²) in [6, 6.07) is 0. The Morgan fingerprint density at radius 2 is 1.35 bits per heavy atom. The van der Waals surface area contributed by atoms with Gasteiger partial charge in [0.15, 0.2) is 0 Å². The second kappa shape index (κ2) is 12.5. The van der Waals surface area contributed by atoms with E-state index in [2.05, 4.69) is 13.8 Å². The van der Waals surface area contributed by atoms with Crippen LogP contribution in [0, 0.1) is 11.8 Å². The molecule has 20 heavy (non-hydrogen) atoms. The highest BCUT2D eigenvalue weighted by molar-refractivity contribution is 7.76. The summed E-state index contributed by atoms with van der Waals surface area (Å²) in [7, 11) is 0. The predicted molar refractivity (Wildman–Crippen MR) is 92.9 cm³/mol. The van der Waals surface area contributed by atoms with E-state index in [1.54, 1.807) is 0 Å². The lowest BCUT2D eigenvalue weighted by atomic mass is 10.0. The molecule has 0 fully saturated rings. The summed E-state index contributed by atoms with van der Waals surface area (Å²) in [5, 5.41) is 0. The van der Waals surface area contributed by atoms with Crippen molar-refractivity contribution in [1.82, 2.24) is 0 Å². The van der Waals surface area contributed by atoms with Gasteiger partial charge in [0.1, 0.15) is 0 Å². The number of hydrogen-bond donors (Lipinski definition) is 0.